The van der Waals surface area contributed by atoms with Crippen LogP contribution in [0.5, 0.6) is 11.5 Å². The number of carboxylic acid groups (broad SMARTS) is 2. The number of carbonyl (C=O) groups excluding carboxylic acids is 1. The van der Waals surface area contributed by atoms with Gasteiger partial charge in [-0.25, -0.2) is 4.79 Å². The van der Waals surface area contributed by atoms with Gasteiger partial charge in [0.05, 0.1) is 28.2 Å². The van der Waals surface area contributed by atoms with E-state index in [-0.39, 0.29) is 23.1 Å². The zero-order valence-corrected chi connectivity index (χ0v) is 24.5. The molecule has 1 fully saturated rings. The van der Waals surface area contributed by atoms with Crippen LogP contribution >= 0.6 is 0 Å². The average Bonchev–Trinajstić information content (AvgIpc) is 3.47. The number of ether oxygens (including phenoxy) is 1. The lowest BCUT2D eigenvalue weighted by Crippen LogP contribution is -2.42. The van der Waals surface area contributed by atoms with Crippen molar-refractivity contribution in [3.05, 3.63) is 107 Å². The van der Waals surface area contributed by atoms with Crippen LogP contribution in [0.4, 0.5) is 0 Å². The number of hydrogen-bond donors (Lipinski definition) is 5. The van der Waals surface area contributed by atoms with Crippen molar-refractivity contribution in [3.63, 3.8) is 0 Å². The highest BCUT2D eigenvalue weighted by Crippen LogP contribution is 2.36. The van der Waals surface area contributed by atoms with Crippen molar-refractivity contribution in [3.8, 4) is 22.8 Å². The van der Waals surface area contributed by atoms with E-state index in [0.29, 0.717) is 31.3 Å². The van der Waals surface area contributed by atoms with Crippen LogP contribution in [-0.4, -0.2) is 67.2 Å². The number of piperidine rings is 1. The number of benzene rings is 2. The number of nitrogens with zero attached hydrogens (tertiary/aromatic N) is 1. The summed E-state index contributed by atoms with van der Waals surface area (Å²) in [5.41, 5.74) is 0.211. The van der Waals surface area contributed by atoms with Crippen LogP contribution in [0.3, 0.4) is 0 Å². The molecule has 232 valence electrons. The summed E-state index contributed by atoms with van der Waals surface area (Å²) in [4.78, 5) is 54.4. The number of carboxylic acids is 2. The fourth-order valence-electron chi connectivity index (χ4n) is 5.34. The Labute approximate surface area is 258 Å². The Morgan fingerprint density at radius 2 is 1.62 bits per heavy atom. The van der Waals surface area contributed by atoms with Crippen molar-refractivity contribution >= 4 is 28.6 Å². The maximum Gasteiger partial charge on any atom is 0.332 e. The molecule has 1 atom stereocenters. The summed E-state index contributed by atoms with van der Waals surface area (Å²) >= 11 is 0. The Morgan fingerprint density at radius 3 is 2.31 bits per heavy atom. The molecule has 2 aromatic carbocycles. The van der Waals surface area contributed by atoms with E-state index in [2.05, 4.69) is 9.97 Å². The fraction of sp³-hybridized carbons (Fsp3) is 0.235. The number of hydrogen-bond acceptors (Lipinski definition) is 6. The summed E-state index contributed by atoms with van der Waals surface area (Å²) in [6, 6.07) is 19.3. The predicted octanol–water partition coefficient (Wildman–Crippen LogP) is 4.72. The molecule has 1 aliphatic heterocycles. The monoisotopic (exact) mass is 611 g/mol. The molecule has 0 bridgehead atoms. The molecule has 3 heterocycles. The first-order valence-corrected chi connectivity index (χ1v) is 14.4. The number of rotatable bonds is 6. The molecule has 6 rings (SSSR count). The highest BCUT2D eigenvalue weighted by Gasteiger charge is 2.39. The van der Waals surface area contributed by atoms with Crippen LogP contribution in [0, 0.1) is 5.41 Å². The van der Waals surface area contributed by atoms with Gasteiger partial charge < -0.3 is 34.9 Å². The van der Waals surface area contributed by atoms with Crippen LogP contribution in [-0.2, 0) is 14.4 Å². The molecule has 0 spiro atoms. The molecule has 5 N–H and O–H groups in total. The van der Waals surface area contributed by atoms with Crippen LogP contribution < -0.4 is 10.3 Å². The van der Waals surface area contributed by atoms with E-state index in [0.717, 1.165) is 28.1 Å². The molecule has 4 aromatic rings. The topological polar surface area (TPSA) is 173 Å². The molecular formula is C34H33N3O8. The number of H-pyrrole nitrogens is 2. The third-order valence-electron chi connectivity index (χ3n) is 7.97. The van der Waals surface area contributed by atoms with Gasteiger partial charge in [0.15, 0.2) is 0 Å². The zero-order chi connectivity index (χ0) is 32.1. The third kappa shape index (κ3) is 6.73. The van der Waals surface area contributed by atoms with Gasteiger partial charge in [0.25, 0.3) is 11.5 Å². The van der Waals surface area contributed by atoms with E-state index in [1.165, 1.54) is 24.0 Å². The van der Waals surface area contributed by atoms with Crippen molar-refractivity contribution in [2.75, 3.05) is 13.1 Å². The molecule has 11 nitrogen and oxygen atoms in total. The van der Waals surface area contributed by atoms with Gasteiger partial charge in [-0.1, -0.05) is 42.5 Å². The number of carbonyl (C=O) groups is 3. The smallest absolute Gasteiger partial charge is 0.332 e. The minimum Gasteiger partial charge on any atom is -0.481 e. The molecule has 45 heavy (non-hydrogen) atoms. The van der Waals surface area contributed by atoms with E-state index < -0.39 is 29.4 Å². The van der Waals surface area contributed by atoms with Crippen LogP contribution in [0.1, 0.15) is 26.2 Å². The van der Waals surface area contributed by atoms with Gasteiger partial charge in [0.1, 0.15) is 11.5 Å². The molecule has 2 aliphatic rings. The van der Waals surface area contributed by atoms with Gasteiger partial charge in [0, 0.05) is 42.0 Å². The first-order chi connectivity index (χ1) is 21.6. The Hall–Kier alpha value is -5.42. The molecule has 1 saturated heterocycles. The standard InChI is InChI=1S/C19H14N2O2.C15H19NO6/c22-19-16-12-21-18(14(16)10-11-20-19)15-8-4-5-9-17(15)23-13-6-2-1-3-7-13;1-15(14(21)22)5-2-10(11(8-15)13(19)20)12(18)16-6-3-9(17)4-7-16/h1-12,21H,(H,20,22);2,5,9,17H,3-4,6-8H2,1H3,(H,19,20)(H,21,22). The molecule has 2 aromatic heterocycles. The number of aliphatic hydroxyl groups excluding tert-OH is 1. The molecule has 1 unspecified atom stereocenters. The first-order valence-electron chi connectivity index (χ1n) is 14.4. The molecule has 0 saturated carbocycles. The van der Waals surface area contributed by atoms with E-state index in [1.807, 2.05) is 60.7 Å². The number of aromatic amines is 2. The van der Waals surface area contributed by atoms with Gasteiger partial charge in [0.2, 0.25) is 0 Å². The Balaban J connectivity index is 0.000000178. The van der Waals surface area contributed by atoms with Gasteiger partial charge >= 0.3 is 11.9 Å². The number of para-hydroxylation sites is 2. The summed E-state index contributed by atoms with van der Waals surface area (Å²) in [6.45, 7) is 2.15. The number of nitrogens with one attached hydrogen (secondary N) is 2. The second kappa shape index (κ2) is 13.1. The quantitative estimate of drug-likeness (QED) is 0.208. The number of fused-ring (bicyclic) bond motifs is 1. The highest BCUT2D eigenvalue weighted by molar-refractivity contribution is 6.05. The second-order valence-electron chi connectivity index (χ2n) is 11.2. The lowest BCUT2D eigenvalue weighted by molar-refractivity contribution is -0.145. The number of aliphatic carboxylic acids is 2. The van der Waals surface area contributed by atoms with E-state index in [9.17, 15) is 34.5 Å². The molecule has 11 heteroatoms. The minimum absolute atomic E-state index is 0.0302. The molecular weight excluding hydrogens is 578 g/mol. The van der Waals surface area contributed by atoms with Crippen LogP contribution in [0.25, 0.3) is 22.0 Å². The Morgan fingerprint density at radius 1 is 0.933 bits per heavy atom. The SMILES string of the molecule is CC1(C(=O)O)C=CC(C(=O)N2CCC(O)CC2)=C(C(=O)O)C1.O=c1[nH]ccc2c(-c3ccccc3Oc3ccccc3)[nH]cc12. The number of aromatic nitrogens is 2. The first kappa shape index (κ1) is 31.0. The number of pyridine rings is 1. The second-order valence-corrected chi connectivity index (χ2v) is 11.2. The van der Waals surface area contributed by atoms with Gasteiger partial charge in [-0.2, -0.15) is 0 Å². The number of likely N-dealkylation sites (tertiary alicyclic amines) is 1. The van der Waals surface area contributed by atoms with Crippen molar-refractivity contribution in [2.24, 2.45) is 5.41 Å². The number of aliphatic hydroxyl groups is 1. The van der Waals surface area contributed by atoms with Crippen LogP contribution in [0.15, 0.2) is 101 Å². The lowest BCUT2D eigenvalue weighted by Gasteiger charge is -2.32. The summed E-state index contributed by atoms with van der Waals surface area (Å²) < 4.78 is 6.01. The highest BCUT2D eigenvalue weighted by atomic mass is 16.5. The van der Waals surface area contributed by atoms with E-state index in [4.69, 9.17) is 4.74 Å². The zero-order valence-electron chi connectivity index (χ0n) is 24.5. The average molecular weight is 612 g/mol. The van der Waals surface area contributed by atoms with Crippen LogP contribution in [0.2, 0.25) is 0 Å². The Kier molecular flexibility index (Phi) is 9.01. The third-order valence-corrected chi connectivity index (χ3v) is 7.97. The summed E-state index contributed by atoms with van der Waals surface area (Å²) in [7, 11) is 0. The maximum atomic E-state index is 12.5. The largest absolute Gasteiger partial charge is 0.481 e. The van der Waals surface area contributed by atoms with Crippen molar-refractivity contribution in [1.29, 1.82) is 0 Å². The summed E-state index contributed by atoms with van der Waals surface area (Å²) in [6.07, 6.45) is 6.30. The molecule has 0 radical (unpaired) electrons. The molecule has 1 aliphatic carbocycles. The lowest BCUT2D eigenvalue weighted by atomic mass is 9.77. The maximum absolute atomic E-state index is 12.5. The van der Waals surface area contributed by atoms with Crippen molar-refractivity contribution in [2.45, 2.75) is 32.3 Å². The normalized spacial score (nSPS) is 18.3. The number of amides is 1. The van der Waals surface area contributed by atoms with E-state index >= 15 is 0 Å². The van der Waals surface area contributed by atoms with Gasteiger partial charge in [-0.3, -0.25) is 14.4 Å². The van der Waals surface area contributed by atoms with Crippen molar-refractivity contribution < 1.29 is 34.4 Å². The van der Waals surface area contributed by atoms with E-state index in [1.54, 1.807) is 12.4 Å². The minimum atomic E-state index is -1.32. The summed E-state index contributed by atoms with van der Waals surface area (Å²) in [5, 5.41) is 29.5. The summed E-state index contributed by atoms with van der Waals surface area (Å²) in [5.74, 6) is -1.32. The molecule has 1 amide bonds. The fourth-order valence-corrected chi connectivity index (χ4v) is 5.34. The predicted molar refractivity (Wildman–Crippen MR) is 167 cm³/mol. The van der Waals surface area contributed by atoms with Gasteiger partial charge in [-0.15, -0.1) is 0 Å². The van der Waals surface area contributed by atoms with Gasteiger partial charge in [-0.05, 0) is 56.5 Å². The van der Waals surface area contributed by atoms with Crippen molar-refractivity contribution in [1.82, 2.24) is 14.9 Å². The Bertz CT molecular complexity index is 1850.